The van der Waals surface area contributed by atoms with Crippen LogP contribution in [0.15, 0.2) is 122 Å². The molecule has 0 bridgehead atoms. The maximum absolute atomic E-state index is 13.3. The zero-order chi connectivity index (χ0) is 41.3. The van der Waals surface area contributed by atoms with Crippen molar-refractivity contribution in [3.63, 3.8) is 0 Å². The lowest BCUT2D eigenvalue weighted by Crippen LogP contribution is -2.48. The molecular weight excluding hydrogens is 731 g/mol. The molecule has 2 amide bonds. The molecule has 9 nitrogen and oxygen atoms in total. The summed E-state index contributed by atoms with van der Waals surface area (Å²) in [5.41, 5.74) is 2.43. The zero-order valence-electron chi connectivity index (χ0n) is 32.5. The number of amides is 2. The van der Waals surface area contributed by atoms with Crippen molar-refractivity contribution in [2.24, 2.45) is 0 Å². The van der Waals surface area contributed by atoms with Crippen LogP contribution in [0.2, 0.25) is 0 Å². The Hall–Kier alpha value is -6.10. The molecule has 298 valence electrons. The number of aromatic carboxylic acids is 1. The van der Waals surface area contributed by atoms with Crippen LogP contribution in [-0.2, 0) is 20.7 Å². The molecule has 4 aromatic rings. The van der Waals surface area contributed by atoms with Crippen molar-refractivity contribution in [1.82, 2.24) is 9.80 Å². The molecule has 11 heteroatoms. The van der Waals surface area contributed by atoms with Crippen LogP contribution in [0.25, 0.3) is 0 Å². The number of benzene rings is 4. The molecule has 2 heterocycles. The Balaban J connectivity index is 0.000000218. The first-order chi connectivity index (χ1) is 27.3. The normalized spacial score (nSPS) is 20.2. The van der Waals surface area contributed by atoms with Gasteiger partial charge in [-0.05, 0) is 72.5 Å². The van der Waals surface area contributed by atoms with E-state index in [1.165, 1.54) is 36.4 Å². The number of carbonyl (C=O) groups excluding carboxylic acids is 3. The third-order valence-electron chi connectivity index (χ3n) is 10.8. The Kier molecular flexibility index (Phi) is 13.4. The van der Waals surface area contributed by atoms with Gasteiger partial charge in [-0.2, -0.15) is 0 Å². The second kappa shape index (κ2) is 18.2. The number of cyclic esters (lactones) is 2. The molecule has 6 rings (SSSR count). The molecule has 0 spiro atoms. The smallest absolute Gasteiger partial charge is 0.411 e. The van der Waals surface area contributed by atoms with Gasteiger partial charge in [0.25, 0.3) is 0 Å². The standard InChI is InChI=1S/C24H26FNO3.C22H22FNO4/c1-4-14-24(20-10-12-21(25)13-11-20)15-16-26(23(28)29-24)17(3)18-6-8-19(9-7-18)22(27)5-2;1-3-12-22(18-8-10-19(23)11-9-18)13-14-24(21(27)28-22)15(2)16-4-6-17(7-5-16)20(25)26/h4,6-13,17H,1,5,14-16H2,2-3H3;3-11,15H,1,12-14H2,2H3,(H,25,26)/t17-,24+;15-,22+/m00/s1. The van der Waals surface area contributed by atoms with Crippen molar-refractivity contribution < 1.29 is 42.5 Å². The highest BCUT2D eigenvalue weighted by Crippen LogP contribution is 2.41. The molecular formula is C46H48F2N2O7. The minimum atomic E-state index is -0.995. The van der Waals surface area contributed by atoms with Crippen molar-refractivity contribution >= 4 is 23.9 Å². The molecule has 2 fully saturated rings. The molecule has 1 N–H and O–H groups in total. The number of rotatable bonds is 13. The quantitative estimate of drug-likeness (QED) is 0.106. The van der Waals surface area contributed by atoms with E-state index in [-0.39, 0.29) is 35.1 Å². The number of carboxylic acid groups (broad SMARTS) is 1. The van der Waals surface area contributed by atoms with Crippen LogP contribution in [0, 0.1) is 11.6 Å². The summed E-state index contributed by atoms with van der Waals surface area (Å²) < 4.78 is 38.4. The highest BCUT2D eigenvalue weighted by molar-refractivity contribution is 5.95. The zero-order valence-corrected chi connectivity index (χ0v) is 32.5. The Morgan fingerprint density at radius 1 is 0.684 bits per heavy atom. The summed E-state index contributed by atoms with van der Waals surface area (Å²) in [5, 5.41) is 9.02. The number of hydrogen-bond donors (Lipinski definition) is 1. The van der Waals surface area contributed by atoms with E-state index in [1.54, 1.807) is 70.5 Å². The predicted octanol–water partition coefficient (Wildman–Crippen LogP) is 10.7. The van der Waals surface area contributed by atoms with Crippen LogP contribution in [0.5, 0.6) is 0 Å². The summed E-state index contributed by atoms with van der Waals surface area (Å²) in [4.78, 5) is 51.8. The molecule has 0 unspecified atom stereocenters. The number of halogens is 2. The second-order valence-electron chi connectivity index (χ2n) is 14.3. The van der Waals surface area contributed by atoms with E-state index in [4.69, 9.17) is 14.6 Å². The fourth-order valence-electron chi connectivity index (χ4n) is 7.36. The highest BCUT2D eigenvalue weighted by atomic mass is 19.1. The molecule has 2 saturated heterocycles. The van der Waals surface area contributed by atoms with E-state index >= 15 is 0 Å². The average molecular weight is 779 g/mol. The summed E-state index contributed by atoms with van der Waals surface area (Å²) in [5.74, 6) is -1.58. The van der Waals surface area contributed by atoms with Crippen LogP contribution in [0.1, 0.15) is 108 Å². The van der Waals surface area contributed by atoms with E-state index in [9.17, 15) is 28.0 Å². The van der Waals surface area contributed by atoms with Gasteiger partial charge in [0.1, 0.15) is 22.8 Å². The number of carbonyl (C=O) groups is 4. The third kappa shape index (κ3) is 9.48. The minimum absolute atomic E-state index is 0.0927. The first-order valence-electron chi connectivity index (χ1n) is 19.0. The maximum Gasteiger partial charge on any atom is 0.411 e. The second-order valence-corrected chi connectivity index (χ2v) is 14.3. The number of Topliss-reactive ketones (excluding diaryl/α,β-unsaturated/α-hetero) is 1. The Bertz CT molecular complexity index is 2070. The molecule has 0 aliphatic carbocycles. The van der Waals surface area contributed by atoms with E-state index in [1.807, 2.05) is 32.9 Å². The van der Waals surface area contributed by atoms with Gasteiger partial charge in [-0.25, -0.2) is 23.2 Å². The van der Waals surface area contributed by atoms with Gasteiger partial charge < -0.3 is 24.4 Å². The van der Waals surface area contributed by atoms with Gasteiger partial charge in [0.05, 0.1) is 17.6 Å². The molecule has 0 radical (unpaired) electrons. The molecule has 0 aromatic heterocycles. The van der Waals surface area contributed by atoms with Crippen LogP contribution < -0.4 is 0 Å². The molecule has 0 saturated carbocycles. The molecule has 2 aliphatic rings. The van der Waals surface area contributed by atoms with Gasteiger partial charge >= 0.3 is 18.2 Å². The van der Waals surface area contributed by atoms with Crippen molar-refractivity contribution in [2.45, 2.75) is 76.2 Å². The molecule has 4 aromatic carbocycles. The van der Waals surface area contributed by atoms with Crippen LogP contribution >= 0.6 is 0 Å². The van der Waals surface area contributed by atoms with Crippen molar-refractivity contribution in [3.8, 4) is 0 Å². The molecule has 2 aliphatic heterocycles. The fourth-order valence-corrected chi connectivity index (χ4v) is 7.36. The highest BCUT2D eigenvalue weighted by Gasteiger charge is 2.44. The van der Waals surface area contributed by atoms with Crippen molar-refractivity contribution in [3.05, 3.63) is 167 Å². The van der Waals surface area contributed by atoms with Crippen LogP contribution in [0.4, 0.5) is 18.4 Å². The molecule has 4 atom stereocenters. The van der Waals surface area contributed by atoms with Gasteiger partial charge in [0.2, 0.25) is 0 Å². The summed E-state index contributed by atoms with van der Waals surface area (Å²) >= 11 is 0. The number of hydrogen-bond acceptors (Lipinski definition) is 6. The summed E-state index contributed by atoms with van der Waals surface area (Å²) in [6.07, 6.45) is 5.00. The number of nitrogens with zero attached hydrogens (tertiary/aromatic N) is 2. The van der Waals surface area contributed by atoms with E-state index in [0.29, 0.717) is 50.8 Å². The SMILES string of the molecule is C=CC[C@]1(c2ccc(F)cc2)CCN([C@@H](C)c2ccc(C(=O)CC)cc2)C(=O)O1.C=CC[C@]1(c2ccc(F)cc2)CCN([C@@H](C)c2ccc(C(=O)O)cc2)C(=O)O1. The lowest BCUT2D eigenvalue weighted by molar-refractivity contribution is -0.0595. The monoisotopic (exact) mass is 778 g/mol. The molecule has 57 heavy (non-hydrogen) atoms. The summed E-state index contributed by atoms with van der Waals surface area (Å²) in [7, 11) is 0. The topological polar surface area (TPSA) is 113 Å². The van der Waals surface area contributed by atoms with Crippen LogP contribution in [-0.4, -0.2) is 51.9 Å². The number of ether oxygens (including phenoxy) is 2. The van der Waals surface area contributed by atoms with Crippen molar-refractivity contribution in [2.75, 3.05) is 13.1 Å². The maximum atomic E-state index is 13.3. The fraction of sp³-hybridized carbons (Fsp3) is 0.304. The average Bonchev–Trinajstić information content (AvgIpc) is 3.21. The van der Waals surface area contributed by atoms with E-state index in [2.05, 4.69) is 13.2 Å². The number of ketones is 1. The van der Waals surface area contributed by atoms with Gasteiger partial charge in [-0.3, -0.25) is 4.79 Å². The first kappa shape index (κ1) is 42.1. The third-order valence-corrected chi connectivity index (χ3v) is 10.8. The number of carboxylic acids is 1. The Labute approximate surface area is 332 Å². The van der Waals surface area contributed by atoms with E-state index < -0.39 is 29.4 Å². The van der Waals surface area contributed by atoms with E-state index in [0.717, 1.165) is 22.3 Å². The van der Waals surface area contributed by atoms with Crippen molar-refractivity contribution in [1.29, 1.82) is 0 Å². The Morgan fingerprint density at radius 2 is 1.05 bits per heavy atom. The predicted molar refractivity (Wildman–Crippen MR) is 213 cm³/mol. The van der Waals surface area contributed by atoms with Crippen LogP contribution in [0.3, 0.4) is 0 Å². The summed E-state index contributed by atoms with van der Waals surface area (Å²) in [6, 6.07) is 25.4. The Morgan fingerprint density at radius 3 is 1.37 bits per heavy atom. The lowest BCUT2D eigenvalue weighted by Gasteiger charge is -2.43. The largest absolute Gasteiger partial charge is 0.478 e. The summed E-state index contributed by atoms with van der Waals surface area (Å²) in [6.45, 7) is 14.2. The van der Waals surface area contributed by atoms with Gasteiger partial charge in [0.15, 0.2) is 5.78 Å². The van der Waals surface area contributed by atoms with Gasteiger partial charge in [-0.1, -0.05) is 79.7 Å². The van der Waals surface area contributed by atoms with Gasteiger partial charge in [0, 0.05) is 50.8 Å². The lowest BCUT2D eigenvalue weighted by atomic mass is 9.85. The minimum Gasteiger partial charge on any atom is -0.478 e. The van der Waals surface area contributed by atoms with Gasteiger partial charge in [-0.15, -0.1) is 13.2 Å². The first-order valence-corrected chi connectivity index (χ1v) is 19.0.